The van der Waals surface area contributed by atoms with Crippen molar-refractivity contribution < 1.29 is 14.0 Å². The van der Waals surface area contributed by atoms with E-state index in [9.17, 15) is 14.0 Å². The lowest BCUT2D eigenvalue weighted by Crippen LogP contribution is -2.47. The van der Waals surface area contributed by atoms with Gasteiger partial charge in [0, 0.05) is 57.6 Å². The molecule has 31 heavy (non-hydrogen) atoms. The molecule has 0 bridgehead atoms. The molecule has 1 N–H and O–H groups in total. The predicted octanol–water partition coefficient (Wildman–Crippen LogP) is 1.40. The lowest BCUT2D eigenvalue weighted by Gasteiger charge is -2.36. The van der Waals surface area contributed by atoms with E-state index in [1.807, 2.05) is 25.3 Å². The monoisotopic (exact) mass is 424 g/mol. The van der Waals surface area contributed by atoms with Crippen LogP contribution in [0, 0.1) is 5.82 Å². The summed E-state index contributed by atoms with van der Waals surface area (Å²) in [5.74, 6) is -1.33. The van der Waals surface area contributed by atoms with Crippen LogP contribution in [0.1, 0.15) is 23.8 Å². The van der Waals surface area contributed by atoms with E-state index in [2.05, 4.69) is 30.1 Å². The number of nitrogens with one attached hydrogen (secondary N) is 1. The Bertz CT molecular complexity index is 1020. The average molecular weight is 424 g/mol. The topological polar surface area (TPSA) is 90.3 Å². The third kappa shape index (κ3) is 4.46. The number of hydrogen-bond acceptors (Lipinski definition) is 6. The molecule has 162 valence electrons. The predicted molar refractivity (Wildman–Crippen MR) is 117 cm³/mol. The molecule has 0 radical (unpaired) electrons. The molecule has 2 amide bonds. The molecule has 1 atom stereocenters. The van der Waals surface area contributed by atoms with Gasteiger partial charge in [-0.05, 0) is 24.1 Å². The van der Waals surface area contributed by atoms with E-state index in [1.54, 1.807) is 0 Å². The molecule has 1 aromatic rings. The highest BCUT2D eigenvalue weighted by atomic mass is 19.1. The van der Waals surface area contributed by atoms with Crippen LogP contribution in [0.25, 0.3) is 0 Å². The van der Waals surface area contributed by atoms with E-state index >= 15 is 0 Å². The summed E-state index contributed by atoms with van der Waals surface area (Å²) < 4.78 is 14.2. The van der Waals surface area contributed by atoms with Crippen molar-refractivity contribution in [2.45, 2.75) is 19.4 Å². The Labute approximate surface area is 180 Å². The van der Waals surface area contributed by atoms with Gasteiger partial charge in [-0.1, -0.05) is 6.92 Å². The van der Waals surface area contributed by atoms with Crippen molar-refractivity contribution in [3.63, 3.8) is 0 Å². The van der Waals surface area contributed by atoms with Crippen LogP contribution in [-0.2, 0) is 4.79 Å². The lowest BCUT2D eigenvalue weighted by atomic mass is 9.98. The Hall–Kier alpha value is -3.20. The first-order valence-electron chi connectivity index (χ1n) is 10.4. The molecule has 0 spiro atoms. The van der Waals surface area contributed by atoms with Gasteiger partial charge in [0.05, 0.1) is 17.6 Å². The highest BCUT2D eigenvalue weighted by Crippen LogP contribution is 2.21. The van der Waals surface area contributed by atoms with Crippen molar-refractivity contribution in [3.05, 3.63) is 47.1 Å². The molecule has 1 saturated heterocycles. The van der Waals surface area contributed by atoms with Crippen molar-refractivity contribution in [3.8, 4) is 0 Å². The Morgan fingerprint density at radius 1 is 1.29 bits per heavy atom. The highest BCUT2D eigenvalue weighted by Gasteiger charge is 2.25. The Balaban J connectivity index is 1.35. The van der Waals surface area contributed by atoms with E-state index in [1.165, 1.54) is 19.3 Å². The molecule has 4 heterocycles. The molecule has 0 aromatic carbocycles. The minimum Gasteiger partial charge on any atom is -0.368 e. The van der Waals surface area contributed by atoms with Crippen LogP contribution < -0.4 is 10.2 Å². The van der Waals surface area contributed by atoms with Gasteiger partial charge in [0.15, 0.2) is 11.5 Å². The van der Waals surface area contributed by atoms with Crippen LogP contribution in [0.3, 0.4) is 0 Å². The molecule has 1 unspecified atom stereocenters. The molecule has 8 nitrogen and oxygen atoms in total. The first-order valence-corrected chi connectivity index (χ1v) is 10.4. The molecule has 3 aliphatic heterocycles. The van der Waals surface area contributed by atoms with Crippen LogP contribution >= 0.6 is 0 Å². The zero-order valence-corrected chi connectivity index (χ0v) is 17.6. The van der Waals surface area contributed by atoms with E-state index in [0.717, 1.165) is 31.8 Å². The van der Waals surface area contributed by atoms with Crippen molar-refractivity contribution in [2.24, 2.45) is 9.98 Å². The Morgan fingerprint density at radius 3 is 2.74 bits per heavy atom. The number of piperazine rings is 1. The number of aromatic nitrogens is 1. The summed E-state index contributed by atoms with van der Waals surface area (Å²) in [7, 11) is 1.45. The standard InChI is InChI=1S/C22H25FN6O2/c1-3-15-9-18-19(27-21(15)30)8-14(11-25-18)13-28-4-6-29(7-5-28)16-10-17(23)20(26-12-16)22(31)24-2/h8-12,18H,3-7,13H2,1-2H3,(H,24,31). The summed E-state index contributed by atoms with van der Waals surface area (Å²) in [6.07, 6.45) is 7.93. The number of hydrogen-bond donors (Lipinski definition) is 1. The van der Waals surface area contributed by atoms with Gasteiger partial charge < -0.3 is 10.2 Å². The maximum atomic E-state index is 14.2. The number of dihydropyridines is 2. The number of rotatable bonds is 5. The van der Waals surface area contributed by atoms with Crippen LogP contribution in [0.2, 0.25) is 0 Å². The molecule has 1 aromatic heterocycles. The van der Waals surface area contributed by atoms with E-state index in [-0.39, 0.29) is 17.6 Å². The highest BCUT2D eigenvalue weighted by molar-refractivity contribution is 6.16. The first kappa shape index (κ1) is 21.0. The summed E-state index contributed by atoms with van der Waals surface area (Å²) in [4.78, 5) is 40.7. The number of amides is 2. The molecule has 0 saturated carbocycles. The second kappa shape index (κ2) is 8.89. The Kier molecular flexibility index (Phi) is 6.03. The van der Waals surface area contributed by atoms with E-state index < -0.39 is 11.7 Å². The van der Waals surface area contributed by atoms with Crippen molar-refractivity contribution >= 4 is 29.4 Å². The minimum atomic E-state index is -0.625. The molecular weight excluding hydrogens is 399 g/mol. The molecule has 1 fully saturated rings. The summed E-state index contributed by atoms with van der Waals surface area (Å²) in [6, 6.07) is 1.20. The number of halogens is 1. The van der Waals surface area contributed by atoms with Crippen molar-refractivity contribution in [1.29, 1.82) is 0 Å². The van der Waals surface area contributed by atoms with Gasteiger partial charge in [-0.25, -0.2) is 14.4 Å². The number of fused-ring (bicyclic) bond motifs is 1. The van der Waals surface area contributed by atoms with E-state index in [0.29, 0.717) is 29.9 Å². The number of pyridine rings is 1. The van der Waals surface area contributed by atoms with Gasteiger partial charge in [0.1, 0.15) is 6.04 Å². The van der Waals surface area contributed by atoms with Crippen molar-refractivity contribution in [1.82, 2.24) is 15.2 Å². The van der Waals surface area contributed by atoms with Gasteiger partial charge in [-0.15, -0.1) is 0 Å². The molecule has 4 rings (SSSR count). The van der Waals surface area contributed by atoms with Gasteiger partial charge in [0.25, 0.3) is 11.8 Å². The third-order valence-corrected chi connectivity index (χ3v) is 5.70. The molecule has 3 aliphatic rings. The molecule has 0 aliphatic carbocycles. The number of anilines is 1. The van der Waals surface area contributed by atoms with Crippen LogP contribution in [0.5, 0.6) is 0 Å². The number of carbonyl (C=O) groups excluding carboxylic acids is 2. The summed E-state index contributed by atoms with van der Waals surface area (Å²) in [5, 5.41) is 2.38. The normalized spacial score (nSPS) is 21.3. The lowest BCUT2D eigenvalue weighted by molar-refractivity contribution is -0.114. The zero-order chi connectivity index (χ0) is 22.0. The second-order valence-corrected chi connectivity index (χ2v) is 7.70. The fourth-order valence-corrected chi connectivity index (χ4v) is 3.91. The van der Waals surface area contributed by atoms with E-state index in [4.69, 9.17) is 0 Å². The number of carbonyl (C=O) groups is 2. The molecule has 9 heteroatoms. The fraction of sp³-hybridized carbons (Fsp3) is 0.409. The summed E-state index contributed by atoms with van der Waals surface area (Å²) in [5.41, 5.74) is 2.91. The van der Waals surface area contributed by atoms with Crippen LogP contribution in [0.4, 0.5) is 10.1 Å². The van der Waals surface area contributed by atoms with Crippen molar-refractivity contribution in [2.75, 3.05) is 44.7 Å². The maximum Gasteiger partial charge on any atom is 0.272 e. The van der Waals surface area contributed by atoms with Gasteiger partial charge in [0.2, 0.25) is 0 Å². The SMILES string of the molecule is CCC1=CC2N=CC(CN3CCN(c4cnc(C(=O)NC)c(F)c4)CC3)=CC2=NC1=O. The Morgan fingerprint density at radius 2 is 2.06 bits per heavy atom. The minimum absolute atomic E-state index is 0.159. The fourth-order valence-electron chi connectivity index (χ4n) is 3.91. The third-order valence-electron chi connectivity index (χ3n) is 5.70. The smallest absolute Gasteiger partial charge is 0.272 e. The average Bonchev–Trinajstić information content (AvgIpc) is 2.78. The number of aliphatic imine (C=N–C) groups is 2. The van der Waals surface area contributed by atoms with Gasteiger partial charge in [-0.3, -0.25) is 19.5 Å². The van der Waals surface area contributed by atoms with Gasteiger partial charge in [-0.2, -0.15) is 0 Å². The van der Waals surface area contributed by atoms with Crippen LogP contribution in [0.15, 0.2) is 45.5 Å². The van der Waals surface area contributed by atoms with Crippen LogP contribution in [-0.4, -0.2) is 79.4 Å². The zero-order valence-electron chi connectivity index (χ0n) is 17.6. The van der Waals surface area contributed by atoms with Gasteiger partial charge >= 0.3 is 0 Å². The maximum absolute atomic E-state index is 14.2. The second-order valence-electron chi connectivity index (χ2n) is 7.70. The first-order chi connectivity index (χ1) is 15.0. The largest absolute Gasteiger partial charge is 0.368 e. The quantitative estimate of drug-likeness (QED) is 0.772. The number of nitrogens with zero attached hydrogens (tertiary/aromatic N) is 5. The molecular formula is C22H25FN6O2. The summed E-state index contributed by atoms with van der Waals surface area (Å²) in [6.45, 7) is 5.67. The summed E-state index contributed by atoms with van der Waals surface area (Å²) >= 11 is 0.